The minimum atomic E-state index is -0.858. The van der Waals surface area contributed by atoms with Crippen molar-refractivity contribution in [3.63, 3.8) is 0 Å². The van der Waals surface area contributed by atoms with Gasteiger partial charge in [0.25, 0.3) is 0 Å². The maximum Gasteiger partial charge on any atom is 0.123 e. The van der Waals surface area contributed by atoms with Crippen LogP contribution in [0.15, 0.2) is 48.5 Å². The van der Waals surface area contributed by atoms with Gasteiger partial charge in [-0.1, -0.05) is 24.3 Å². The smallest absolute Gasteiger partial charge is 0.123 e. The predicted octanol–water partition coefficient (Wildman–Crippen LogP) is 3.87. The molecule has 1 aliphatic heterocycles. The third kappa shape index (κ3) is 4.89. The molecule has 3 rings (SSSR count). The van der Waals surface area contributed by atoms with Crippen LogP contribution in [0.5, 0.6) is 0 Å². The van der Waals surface area contributed by atoms with Crippen molar-refractivity contribution in [1.82, 2.24) is 0 Å². The van der Waals surface area contributed by atoms with Gasteiger partial charge in [0.1, 0.15) is 5.82 Å². The van der Waals surface area contributed by atoms with Crippen LogP contribution in [-0.4, -0.2) is 22.7 Å². The van der Waals surface area contributed by atoms with Crippen molar-refractivity contribution in [3.8, 4) is 0 Å². The molecule has 1 saturated heterocycles. The Kier molecular flexibility index (Phi) is 5.99. The van der Waals surface area contributed by atoms with Crippen molar-refractivity contribution in [2.45, 2.75) is 30.4 Å². The molecule has 24 heavy (non-hydrogen) atoms. The average molecular weight is 347 g/mol. The van der Waals surface area contributed by atoms with Crippen molar-refractivity contribution in [1.29, 1.82) is 0 Å². The molecule has 3 nitrogen and oxygen atoms in total. The molecule has 0 spiro atoms. The van der Waals surface area contributed by atoms with Gasteiger partial charge in [0, 0.05) is 47.2 Å². The van der Waals surface area contributed by atoms with Gasteiger partial charge in [0.2, 0.25) is 0 Å². The van der Waals surface area contributed by atoms with Crippen LogP contribution in [0, 0.1) is 5.82 Å². The number of hydrogen-bond acceptors (Lipinski definition) is 3. The first-order valence-electron chi connectivity index (χ1n) is 8.23. The number of nitrogens with one attached hydrogen (secondary N) is 1. The third-order valence-electron chi connectivity index (χ3n) is 4.19. The second kappa shape index (κ2) is 8.40. The summed E-state index contributed by atoms with van der Waals surface area (Å²) in [5.74, 6) is 0.354. The quantitative estimate of drug-likeness (QED) is 0.862. The highest BCUT2D eigenvalue weighted by Gasteiger charge is 2.20. The Hall–Kier alpha value is -1.72. The fourth-order valence-electron chi connectivity index (χ4n) is 2.80. The summed E-state index contributed by atoms with van der Waals surface area (Å²) in [6.07, 6.45) is 1.77. The van der Waals surface area contributed by atoms with E-state index in [1.54, 1.807) is 12.1 Å². The Balaban J connectivity index is 1.57. The van der Waals surface area contributed by atoms with Crippen molar-refractivity contribution in [3.05, 3.63) is 65.5 Å². The Labute approximate surface area is 144 Å². The number of hydrogen-bond donors (Lipinski definition) is 1. The lowest BCUT2D eigenvalue weighted by atomic mass is 10.2. The van der Waals surface area contributed by atoms with Gasteiger partial charge in [-0.3, -0.25) is 4.21 Å². The molecule has 2 aromatic carbocycles. The summed E-state index contributed by atoms with van der Waals surface area (Å²) in [7, 11) is -0.858. The van der Waals surface area contributed by atoms with E-state index in [1.807, 2.05) is 24.3 Å². The molecule has 0 radical (unpaired) electrons. The summed E-state index contributed by atoms with van der Waals surface area (Å²) in [6.45, 7) is 2.07. The van der Waals surface area contributed by atoms with E-state index in [4.69, 9.17) is 4.74 Å². The molecule has 1 atom stereocenters. The highest BCUT2D eigenvalue weighted by molar-refractivity contribution is 7.84. The molecule has 1 unspecified atom stereocenters. The number of halogens is 1. The van der Waals surface area contributed by atoms with E-state index in [0.717, 1.165) is 42.9 Å². The van der Waals surface area contributed by atoms with E-state index in [1.165, 1.54) is 12.1 Å². The minimum Gasteiger partial charge on any atom is -0.381 e. The molecule has 0 saturated carbocycles. The van der Waals surface area contributed by atoms with Gasteiger partial charge in [-0.25, -0.2) is 4.39 Å². The van der Waals surface area contributed by atoms with E-state index >= 15 is 0 Å². The second-order valence-corrected chi connectivity index (χ2v) is 7.73. The van der Waals surface area contributed by atoms with Crippen LogP contribution in [0.25, 0.3) is 0 Å². The number of ether oxygens (including phenoxy) is 1. The topological polar surface area (TPSA) is 38.3 Å². The highest BCUT2D eigenvalue weighted by Crippen LogP contribution is 2.19. The largest absolute Gasteiger partial charge is 0.381 e. The fourth-order valence-corrected chi connectivity index (χ4v) is 4.26. The van der Waals surface area contributed by atoms with E-state index in [-0.39, 0.29) is 11.1 Å². The fraction of sp³-hybridized carbons (Fsp3) is 0.368. The molecule has 0 bridgehead atoms. The summed E-state index contributed by atoms with van der Waals surface area (Å²) in [6, 6.07) is 14.5. The molecular weight excluding hydrogens is 325 g/mol. The standard InChI is InChI=1S/C19H22FNO2S/c20-17-6-4-15(5-7-17)13-21-18-3-1-2-16(12-18)14-24(22)19-8-10-23-11-9-19/h1-7,12,19,21H,8-11,13-14H2. The number of anilines is 1. The van der Waals surface area contributed by atoms with Crippen molar-refractivity contribution in [2.24, 2.45) is 0 Å². The van der Waals surface area contributed by atoms with Crippen molar-refractivity contribution >= 4 is 16.5 Å². The molecule has 0 aliphatic carbocycles. The first-order valence-corrected chi connectivity index (χ1v) is 9.61. The predicted molar refractivity (Wildman–Crippen MR) is 95.9 cm³/mol. The summed E-state index contributed by atoms with van der Waals surface area (Å²) in [5, 5.41) is 3.58. The monoisotopic (exact) mass is 347 g/mol. The van der Waals surface area contributed by atoms with Crippen molar-refractivity contribution in [2.75, 3.05) is 18.5 Å². The van der Waals surface area contributed by atoms with Crippen LogP contribution in [0.2, 0.25) is 0 Å². The van der Waals surface area contributed by atoms with Crippen molar-refractivity contribution < 1.29 is 13.3 Å². The molecule has 1 N–H and O–H groups in total. The summed E-state index contributed by atoms with van der Waals surface area (Å²) in [4.78, 5) is 0. The van der Waals surface area contributed by atoms with Gasteiger partial charge in [0.05, 0.1) is 0 Å². The molecule has 1 aliphatic rings. The lowest BCUT2D eigenvalue weighted by Gasteiger charge is -2.21. The lowest BCUT2D eigenvalue weighted by molar-refractivity contribution is 0.0992. The van der Waals surface area contributed by atoms with Gasteiger partial charge < -0.3 is 10.1 Å². The number of benzene rings is 2. The zero-order valence-corrected chi connectivity index (χ0v) is 14.4. The number of rotatable bonds is 6. The molecule has 0 aromatic heterocycles. The lowest BCUT2D eigenvalue weighted by Crippen LogP contribution is -2.25. The Morgan fingerprint density at radius 1 is 1.08 bits per heavy atom. The SMILES string of the molecule is O=S(Cc1cccc(NCc2ccc(F)cc2)c1)C1CCOCC1. The van der Waals surface area contributed by atoms with Gasteiger partial charge >= 0.3 is 0 Å². The van der Waals surface area contributed by atoms with Crippen LogP contribution in [0.4, 0.5) is 10.1 Å². The summed E-state index contributed by atoms with van der Waals surface area (Å²) < 4.78 is 30.7. The summed E-state index contributed by atoms with van der Waals surface area (Å²) in [5.41, 5.74) is 3.08. The van der Waals surface area contributed by atoms with Crippen LogP contribution >= 0.6 is 0 Å². The zero-order valence-electron chi connectivity index (χ0n) is 13.5. The first kappa shape index (κ1) is 17.1. The van der Waals surface area contributed by atoms with Gasteiger partial charge in [-0.2, -0.15) is 0 Å². The molecule has 2 aromatic rings. The molecule has 5 heteroatoms. The van der Waals surface area contributed by atoms with E-state index in [0.29, 0.717) is 12.3 Å². The van der Waals surface area contributed by atoms with Gasteiger partial charge in [0.15, 0.2) is 0 Å². The maximum absolute atomic E-state index is 12.9. The van der Waals surface area contributed by atoms with E-state index in [2.05, 4.69) is 5.32 Å². The Bertz CT molecular complexity index is 684. The molecule has 0 amide bonds. The molecular formula is C19H22FNO2S. The Morgan fingerprint density at radius 2 is 1.83 bits per heavy atom. The van der Waals surface area contributed by atoms with Crippen LogP contribution in [0.1, 0.15) is 24.0 Å². The van der Waals surface area contributed by atoms with Crippen LogP contribution in [0.3, 0.4) is 0 Å². The highest BCUT2D eigenvalue weighted by atomic mass is 32.2. The minimum absolute atomic E-state index is 0.226. The zero-order chi connectivity index (χ0) is 16.8. The van der Waals surface area contributed by atoms with E-state index in [9.17, 15) is 8.60 Å². The molecule has 1 heterocycles. The Morgan fingerprint density at radius 3 is 2.58 bits per heavy atom. The summed E-state index contributed by atoms with van der Waals surface area (Å²) >= 11 is 0. The second-order valence-electron chi connectivity index (χ2n) is 6.02. The van der Waals surface area contributed by atoms with Gasteiger partial charge in [-0.05, 0) is 48.2 Å². The molecule has 1 fully saturated rings. The first-order chi connectivity index (χ1) is 11.7. The molecule has 128 valence electrons. The third-order valence-corrected chi connectivity index (χ3v) is 6.02. The normalized spacial score (nSPS) is 16.7. The van der Waals surface area contributed by atoms with Crippen LogP contribution < -0.4 is 5.32 Å². The maximum atomic E-state index is 12.9. The average Bonchev–Trinajstić information content (AvgIpc) is 2.62. The van der Waals surface area contributed by atoms with E-state index < -0.39 is 10.8 Å². The van der Waals surface area contributed by atoms with Crippen LogP contribution in [-0.2, 0) is 27.8 Å². The van der Waals surface area contributed by atoms with Gasteiger partial charge in [-0.15, -0.1) is 0 Å².